The summed E-state index contributed by atoms with van der Waals surface area (Å²) >= 11 is 0. The van der Waals surface area contributed by atoms with Crippen molar-refractivity contribution in [1.82, 2.24) is 10.3 Å². The first-order valence-corrected chi connectivity index (χ1v) is 8.13. The Balaban J connectivity index is 1.62. The van der Waals surface area contributed by atoms with E-state index < -0.39 is 0 Å². The van der Waals surface area contributed by atoms with E-state index in [9.17, 15) is 0 Å². The van der Waals surface area contributed by atoms with Gasteiger partial charge in [-0.05, 0) is 57.2 Å². The Morgan fingerprint density at radius 1 is 1.35 bits per heavy atom. The van der Waals surface area contributed by atoms with Crippen LogP contribution in [-0.4, -0.2) is 30.3 Å². The molecule has 0 saturated carbocycles. The van der Waals surface area contributed by atoms with Gasteiger partial charge in [-0.25, -0.2) is 0 Å². The van der Waals surface area contributed by atoms with E-state index in [2.05, 4.69) is 24.5 Å². The quantitative estimate of drug-likeness (QED) is 0.918. The van der Waals surface area contributed by atoms with Crippen LogP contribution in [0, 0.1) is 5.92 Å². The minimum Gasteiger partial charge on any atom is -0.375 e. The van der Waals surface area contributed by atoms with Crippen molar-refractivity contribution in [1.29, 1.82) is 0 Å². The molecule has 5 atom stereocenters. The predicted molar refractivity (Wildman–Crippen MR) is 78.8 cm³/mol. The molecule has 0 amide bonds. The van der Waals surface area contributed by atoms with Gasteiger partial charge in [0.15, 0.2) is 0 Å². The zero-order valence-corrected chi connectivity index (χ0v) is 12.2. The van der Waals surface area contributed by atoms with Gasteiger partial charge in [-0.15, -0.1) is 0 Å². The average molecular weight is 272 g/mol. The highest BCUT2D eigenvalue weighted by atomic mass is 16.5. The lowest BCUT2D eigenvalue weighted by molar-refractivity contribution is 0.0830. The fourth-order valence-corrected chi connectivity index (χ4v) is 4.76. The molecule has 108 valence electrons. The molecule has 1 aliphatic carbocycles. The molecular weight excluding hydrogens is 248 g/mol. The molecule has 1 N–H and O–H groups in total. The number of aryl methyl sites for hydroxylation is 1. The van der Waals surface area contributed by atoms with Crippen molar-refractivity contribution in [2.75, 3.05) is 7.05 Å². The van der Waals surface area contributed by atoms with Gasteiger partial charge in [-0.3, -0.25) is 4.98 Å². The lowest BCUT2D eigenvalue weighted by atomic mass is 9.73. The third kappa shape index (κ3) is 1.99. The maximum atomic E-state index is 6.09. The summed E-state index contributed by atoms with van der Waals surface area (Å²) in [6.07, 6.45) is 10.5. The molecule has 3 heteroatoms. The van der Waals surface area contributed by atoms with Gasteiger partial charge in [-0.2, -0.15) is 0 Å². The molecule has 3 nitrogen and oxygen atoms in total. The molecule has 2 bridgehead atoms. The summed E-state index contributed by atoms with van der Waals surface area (Å²) in [6.45, 7) is 0. The van der Waals surface area contributed by atoms with Crippen LogP contribution in [0.5, 0.6) is 0 Å². The molecule has 2 aliphatic heterocycles. The molecule has 1 aromatic heterocycles. The Hall–Kier alpha value is -0.930. The fourth-order valence-electron chi connectivity index (χ4n) is 4.76. The van der Waals surface area contributed by atoms with E-state index in [1.807, 2.05) is 6.20 Å². The van der Waals surface area contributed by atoms with Crippen molar-refractivity contribution in [2.45, 2.75) is 62.7 Å². The first-order chi connectivity index (χ1) is 9.86. The van der Waals surface area contributed by atoms with E-state index in [-0.39, 0.29) is 0 Å². The van der Waals surface area contributed by atoms with Crippen molar-refractivity contribution < 1.29 is 4.74 Å². The molecule has 4 rings (SSSR count). The van der Waals surface area contributed by atoms with E-state index in [4.69, 9.17) is 9.72 Å². The van der Waals surface area contributed by atoms with Crippen LogP contribution < -0.4 is 5.32 Å². The Morgan fingerprint density at radius 2 is 2.30 bits per heavy atom. The first-order valence-electron chi connectivity index (χ1n) is 8.13. The van der Waals surface area contributed by atoms with Crippen molar-refractivity contribution in [2.24, 2.45) is 5.92 Å². The third-order valence-corrected chi connectivity index (χ3v) is 5.62. The summed E-state index contributed by atoms with van der Waals surface area (Å²) in [4.78, 5) is 4.72. The smallest absolute Gasteiger partial charge is 0.0624 e. The van der Waals surface area contributed by atoms with Crippen molar-refractivity contribution in [3.8, 4) is 0 Å². The highest BCUT2D eigenvalue weighted by Gasteiger charge is 2.46. The summed E-state index contributed by atoms with van der Waals surface area (Å²) in [6, 6.07) is 4.87. The van der Waals surface area contributed by atoms with Gasteiger partial charge in [0.2, 0.25) is 0 Å². The summed E-state index contributed by atoms with van der Waals surface area (Å²) in [5.41, 5.74) is 2.81. The van der Waals surface area contributed by atoms with E-state index in [0.717, 1.165) is 0 Å². The maximum absolute atomic E-state index is 6.09. The largest absolute Gasteiger partial charge is 0.375 e. The lowest BCUT2D eigenvalue weighted by Crippen LogP contribution is -2.44. The molecule has 0 radical (unpaired) electrons. The van der Waals surface area contributed by atoms with Gasteiger partial charge in [0.1, 0.15) is 0 Å². The van der Waals surface area contributed by atoms with Crippen LogP contribution in [-0.2, 0) is 11.2 Å². The van der Waals surface area contributed by atoms with Gasteiger partial charge in [0.25, 0.3) is 0 Å². The van der Waals surface area contributed by atoms with E-state index in [1.54, 1.807) is 0 Å². The number of ether oxygens (including phenoxy) is 1. The SMILES string of the molecule is CNC(C1CCCc2cccnc21)C1CC2CCC1O2. The maximum Gasteiger partial charge on any atom is 0.0624 e. The molecule has 20 heavy (non-hydrogen) atoms. The van der Waals surface area contributed by atoms with Crippen LogP contribution in [0.1, 0.15) is 49.3 Å². The number of hydrogen-bond acceptors (Lipinski definition) is 3. The Kier molecular flexibility index (Phi) is 3.27. The van der Waals surface area contributed by atoms with E-state index in [0.29, 0.717) is 30.1 Å². The van der Waals surface area contributed by atoms with Gasteiger partial charge in [0.05, 0.1) is 12.2 Å². The fraction of sp³-hybridized carbons (Fsp3) is 0.706. The predicted octanol–water partition coefficient (Wildman–Crippen LogP) is 2.66. The number of nitrogens with one attached hydrogen (secondary N) is 1. The van der Waals surface area contributed by atoms with Gasteiger partial charge < -0.3 is 10.1 Å². The number of nitrogens with zero attached hydrogens (tertiary/aromatic N) is 1. The molecule has 3 aliphatic rings. The number of pyridine rings is 1. The monoisotopic (exact) mass is 272 g/mol. The molecule has 2 fully saturated rings. The number of likely N-dealkylation sites (N-methyl/N-ethyl adjacent to an activating group) is 1. The molecule has 0 spiro atoms. The number of fused-ring (bicyclic) bond motifs is 3. The highest BCUT2D eigenvalue weighted by Crippen LogP contribution is 2.45. The van der Waals surface area contributed by atoms with Crippen LogP contribution >= 0.6 is 0 Å². The highest BCUT2D eigenvalue weighted by molar-refractivity contribution is 5.28. The lowest BCUT2D eigenvalue weighted by Gasteiger charge is -2.37. The standard InChI is InChI=1S/C17H24N2O/c1-18-17(14-10-12-7-8-15(14)20-12)13-6-2-4-11-5-3-9-19-16(11)13/h3,5,9,12-15,17-18H,2,4,6-8,10H2,1H3. The normalized spacial score (nSPS) is 36.9. The van der Waals surface area contributed by atoms with Crippen LogP contribution in [0.3, 0.4) is 0 Å². The number of rotatable bonds is 3. The second-order valence-corrected chi connectivity index (χ2v) is 6.63. The molecule has 3 heterocycles. The third-order valence-electron chi connectivity index (χ3n) is 5.62. The van der Waals surface area contributed by atoms with Crippen LogP contribution in [0.4, 0.5) is 0 Å². The second kappa shape index (κ2) is 5.12. The summed E-state index contributed by atoms with van der Waals surface area (Å²) in [5.74, 6) is 1.25. The van der Waals surface area contributed by atoms with E-state index in [1.165, 1.54) is 49.8 Å². The van der Waals surface area contributed by atoms with Crippen LogP contribution in [0.25, 0.3) is 0 Å². The minimum absolute atomic E-state index is 0.492. The number of hydrogen-bond donors (Lipinski definition) is 1. The van der Waals surface area contributed by atoms with E-state index >= 15 is 0 Å². The second-order valence-electron chi connectivity index (χ2n) is 6.63. The number of aromatic nitrogens is 1. The molecule has 1 aromatic rings. The first kappa shape index (κ1) is 12.8. The summed E-state index contributed by atoms with van der Waals surface area (Å²) < 4.78 is 6.09. The Labute approximate surface area is 121 Å². The molecule has 2 saturated heterocycles. The van der Waals surface area contributed by atoms with Crippen LogP contribution in [0.2, 0.25) is 0 Å². The summed E-state index contributed by atoms with van der Waals surface area (Å²) in [7, 11) is 2.12. The van der Waals surface area contributed by atoms with Crippen LogP contribution in [0.15, 0.2) is 18.3 Å². The molecule has 0 aromatic carbocycles. The minimum atomic E-state index is 0.492. The average Bonchev–Trinajstić information content (AvgIpc) is 3.11. The van der Waals surface area contributed by atoms with Gasteiger partial charge in [-0.1, -0.05) is 6.07 Å². The molecule has 5 unspecified atom stereocenters. The van der Waals surface area contributed by atoms with Gasteiger partial charge in [0, 0.05) is 29.8 Å². The van der Waals surface area contributed by atoms with Crippen molar-refractivity contribution in [3.05, 3.63) is 29.6 Å². The Bertz CT molecular complexity index is 490. The Morgan fingerprint density at radius 3 is 3.05 bits per heavy atom. The summed E-state index contributed by atoms with van der Waals surface area (Å²) in [5, 5.41) is 3.62. The van der Waals surface area contributed by atoms with Crippen molar-refractivity contribution >= 4 is 0 Å². The topological polar surface area (TPSA) is 34.2 Å². The van der Waals surface area contributed by atoms with Gasteiger partial charge >= 0.3 is 0 Å². The molecular formula is C17H24N2O. The zero-order valence-electron chi connectivity index (χ0n) is 12.2. The van der Waals surface area contributed by atoms with Crippen molar-refractivity contribution in [3.63, 3.8) is 0 Å². The zero-order chi connectivity index (χ0) is 13.5.